The second-order valence-electron chi connectivity index (χ2n) is 7.27. The van der Waals surface area contributed by atoms with Crippen LogP contribution in [0.4, 0.5) is 0 Å². The minimum absolute atomic E-state index is 0.612. The van der Waals surface area contributed by atoms with E-state index in [2.05, 4.69) is 37.7 Å². The van der Waals surface area contributed by atoms with Crippen LogP contribution in [-0.4, -0.2) is 10.7 Å². The van der Waals surface area contributed by atoms with Crippen LogP contribution < -0.4 is 0 Å². The van der Waals surface area contributed by atoms with Gasteiger partial charge in [0.15, 0.2) is 0 Å². The zero-order valence-corrected chi connectivity index (χ0v) is 15.2. The minimum Gasteiger partial charge on any atom is -0.262 e. The first kappa shape index (κ1) is 15.9. The number of nitrogens with zero attached hydrogens (tertiary/aromatic N) is 2. The van der Waals surface area contributed by atoms with Crippen LogP contribution in [0, 0.1) is 5.92 Å². The molecule has 22 heavy (non-hydrogen) atoms. The van der Waals surface area contributed by atoms with Gasteiger partial charge in [0.1, 0.15) is 0 Å². The van der Waals surface area contributed by atoms with Gasteiger partial charge in [-0.05, 0) is 50.0 Å². The number of allylic oxidation sites excluding steroid dienone is 2. The number of aromatic nitrogens is 1. The largest absolute Gasteiger partial charge is 0.262 e. The van der Waals surface area contributed by atoms with Crippen molar-refractivity contribution in [1.82, 2.24) is 4.98 Å². The molecule has 3 aliphatic rings. The van der Waals surface area contributed by atoms with Crippen LogP contribution >= 0.6 is 11.3 Å². The van der Waals surface area contributed by atoms with Crippen LogP contribution in [0.3, 0.4) is 0 Å². The van der Waals surface area contributed by atoms with Crippen molar-refractivity contribution in [2.75, 3.05) is 0 Å². The normalized spacial score (nSPS) is 19.5. The Morgan fingerprint density at radius 1 is 0.909 bits per heavy atom. The summed E-state index contributed by atoms with van der Waals surface area (Å²) in [6, 6.07) is 0. The molecule has 0 fully saturated rings. The fraction of sp³-hybridized carbons (Fsp3) is 0.684. The summed E-state index contributed by atoms with van der Waals surface area (Å²) in [5, 5.41) is 1.34. The zero-order valence-electron chi connectivity index (χ0n) is 14.4. The topological polar surface area (TPSA) is 25.2 Å². The van der Waals surface area contributed by atoms with Gasteiger partial charge in [-0.3, -0.25) is 4.99 Å². The summed E-state index contributed by atoms with van der Waals surface area (Å²) in [5.74, 6) is 1.27. The Kier molecular flexibility index (Phi) is 4.82. The molecule has 0 atom stereocenters. The molecular formula is C19H28N2S. The molecular weight excluding hydrogens is 288 g/mol. The summed E-state index contributed by atoms with van der Waals surface area (Å²) in [6.45, 7) is 8.91. The summed E-state index contributed by atoms with van der Waals surface area (Å²) in [4.78, 5) is 10.8. The first-order valence-corrected chi connectivity index (χ1v) is 9.63. The van der Waals surface area contributed by atoms with E-state index in [0.717, 1.165) is 0 Å². The van der Waals surface area contributed by atoms with E-state index in [9.17, 15) is 0 Å². The van der Waals surface area contributed by atoms with Gasteiger partial charge in [0.2, 0.25) is 0 Å². The van der Waals surface area contributed by atoms with Crippen LogP contribution in [0.15, 0.2) is 16.3 Å². The van der Waals surface area contributed by atoms with Gasteiger partial charge in [-0.25, -0.2) is 4.98 Å². The van der Waals surface area contributed by atoms with Gasteiger partial charge in [-0.2, -0.15) is 0 Å². The number of aryl methyl sites for hydroxylation is 2. The number of aliphatic imine (C=N–C) groups is 1. The highest BCUT2D eigenvalue weighted by atomic mass is 32.1. The van der Waals surface area contributed by atoms with Crippen LogP contribution in [0.2, 0.25) is 0 Å². The van der Waals surface area contributed by atoms with E-state index in [4.69, 9.17) is 0 Å². The lowest BCUT2D eigenvalue weighted by Gasteiger charge is -2.12. The van der Waals surface area contributed by atoms with E-state index in [0.29, 0.717) is 11.8 Å². The van der Waals surface area contributed by atoms with Crippen LogP contribution in [-0.2, 0) is 12.8 Å². The first-order valence-electron chi connectivity index (χ1n) is 8.81. The smallest absolute Gasteiger partial charge is 0.0956 e. The first-order chi connectivity index (χ1) is 10.5. The Labute approximate surface area is 138 Å². The van der Waals surface area contributed by atoms with Gasteiger partial charge < -0.3 is 0 Å². The molecule has 0 N–H and O–H groups in total. The lowest BCUT2D eigenvalue weighted by molar-refractivity contribution is 0.678. The highest BCUT2D eigenvalue weighted by molar-refractivity contribution is 7.11. The molecule has 120 valence electrons. The zero-order chi connectivity index (χ0) is 15.7. The Morgan fingerprint density at radius 2 is 1.68 bits per heavy atom. The van der Waals surface area contributed by atoms with E-state index in [1.54, 1.807) is 10.5 Å². The molecule has 0 radical (unpaired) electrons. The maximum Gasteiger partial charge on any atom is 0.0956 e. The van der Waals surface area contributed by atoms with Crippen molar-refractivity contribution in [2.24, 2.45) is 10.9 Å². The Balaban J connectivity index is 0.000000133. The lowest BCUT2D eigenvalue weighted by Crippen LogP contribution is -2.04. The third-order valence-electron chi connectivity index (χ3n) is 4.77. The Bertz CT molecular complexity index is 581. The number of hydrogen-bond acceptors (Lipinski definition) is 3. The third-order valence-corrected chi connectivity index (χ3v) is 6.23. The van der Waals surface area contributed by atoms with Gasteiger partial charge in [-0.15, -0.1) is 11.3 Å². The molecule has 2 aliphatic carbocycles. The summed E-state index contributed by atoms with van der Waals surface area (Å²) in [5.41, 5.74) is 5.82. The van der Waals surface area contributed by atoms with Crippen molar-refractivity contribution in [1.29, 1.82) is 0 Å². The van der Waals surface area contributed by atoms with Gasteiger partial charge in [-0.1, -0.05) is 27.7 Å². The molecule has 0 spiro atoms. The molecule has 0 amide bonds. The van der Waals surface area contributed by atoms with Crippen molar-refractivity contribution in [3.63, 3.8) is 0 Å². The lowest BCUT2D eigenvalue weighted by atomic mass is 9.92. The minimum atomic E-state index is 0.612. The molecule has 0 saturated heterocycles. The van der Waals surface area contributed by atoms with Crippen molar-refractivity contribution in [3.05, 3.63) is 26.8 Å². The highest BCUT2D eigenvalue weighted by Crippen LogP contribution is 2.37. The average Bonchev–Trinajstić information content (AvgIpc) is 3.01. The quantitative estimate of drug-likeness (QED) is 0.689. The number of rotatable bonds is 2. The second-order valence-corrected chi connectivity index (χ2v) is 8.38. The van der Waals surface area contributed by atoms with E-state index in [1.165, 1.54) is 67.1 Å². The average molecular weight is 317 g/mol. The summed E-state index contributed by atoms with van der Waals surface area (Å²) >= 11 is 1.93. The standard InChI is InChI=1S/C10H15NS.C9H13N/c1-7(2)10-11-8-5-3-4-6-9(8)12-10;1-6(2)9-5-7-3-4-8(7)10-9/h7H,3-6H2,1-2H3;6H,3-5H2,1-2H3. The molecule has 0 bridgehead atoms. The fourth-order valence-corrected chi connectivity index (χ4v) is 4.28. The maximum absolute atomic E-state index is 4.67. The molecule has 4 rings (SSSR count). The van der Waals surface area contributed by atoms with Gasteiger partial charge in [0.25, 0.3) is 0 Å². The molecule has 0 aromatic carbocycles. The molecule has 1 aliphatic heterocycles. The second kappa shape index (κ2) is 6.66. The van der Waals surface area contributed by atoms with Gasteiger partial charge in [0, 0.05) is 28.6 Å². The molecule has 0 unspecified atom stereocenters. The molecule has 2 nitrogen and oxygen atoms in total. The number of hydrogen-bond donors (Lipinski definition) is 0. The van der Waals surface area contributed by atoms with E-state index in [1.807, 2.05) is 11.3 Å². The fourth-order valence-electron chi connectivity index (χ4n) is 3.12. The van der Waals surface area contributed by atoms with Crippen molar-refractivity contribution < 1.29 is 0 Å². The molecule has 3 heteroatoms. The van der Waals surface area contributed by atoms with Crippen molar-refractivity contribution >= 4 is 17.0 Å². The van der Waals surface area contributed by atoms with Gasteiger partial charge in [0.05, 0.1) is 10.7 Å². The van der Waals surface area contributed by atoms with Gasteiger partial charge >= 0.3 is 0 Å². The third kappa shape index (κ3) is 3.34. The molecule has 1 aromatic heterocycles. The number of fused-ring (bicyclic) bond motifs is 1. The van der Waals surface area contributed by atoms with Crippen LogP contribution in [0.1, 0.15) is 81.3 Å². The SMILES string of the molecule is CC(C)C1=NC2=C(CC2)C1.CC(C)c1nc2c(s1)CCCC2. The van der Waals surface area contributed by atoms with Crippen LogP contribution in [0.25, 0.3) is 0 Å². The summed E-state index contributed by atoms with van der Waals surface area (Å²) < 4.78 is 0. The van der Waals surface area contributed by atoms with E-state index < -0.39 is 0 Å². The Morgan fingerprint density at radius 3 is 2.18 bits per heavy atom. The number of thiazole rings is 1. The van der Waals surface area contributed by atoms with Crippen LogP contribution in [0.5, 0.6) is 0 Å². The predicted octanol–water partition coefficient (Wildman–Crippen LogP) is 5.68. The predicted molar refractivity (Wildman–Crippen MR) is 96.0 cm³/mol. The molecule has 1 aromatic rings. The summed E-state index contributed by atoms with van der Waals surface area (Å²) in [7, 11) is 0. The Hall–Kier alpha value is -0.960. The van der Waals surface area contributed by atoms with Crippen molar-refractivity contribution in [3.8, 4) is 0 Å². The molecule has 0 saturated carbocycles. The van der Waals surface area contributed by atoms with Crippen molar-refractivity contribution in [2.45, 2.75) is 78.6 Å². The van der Waals surface area contributed by atoms with E-state index >= 15 is 0 Å². The summed E-state index contributed by atoms with van der Waals surface area (Å²) in [6.07, 6.45) is 8.95. The highest BCUT2D eigenvalue weighted by Gasteiger charge is 2.25. The maximum atomic E-state index is 4.67. The van der Waals surface area contributed by atoms with E-state index in [-0.39, 0.29) is 0 Å². The monoisotopic (exact) mass is 316 g/mol. The molecule has 2 heterocycles.